The molecule has 3 aromatic carbocycles. The van der Waals surface area contributed by atoms with E-state index in [1.54, 1.807) is 85.8 Å². The average molecular weight is 450 g/mol. The first-order valence-corrected chi connectivity index (χ1v) is 11.7. The van der Waals surface area contributed by atoms with Gasteiger partial charge in [0.2, 0.25) is 5.13 Å². The normalized spacial score (nSPS) is 11.1. The molecule has 0 aliphatic heterocycles. The van der Waals surface area contributed by atoms with Crippen molar-refractivity contribution in [2.75, 3.05) is 9.62 Å². The van der Waals surface area contributed by atoms with Gasteiger partial charge in [-0.3, -0.25) is 4.79 Å². The van der Waals surface area contributed by atoms with Gasteiger partial charge in [-0.15, -0.1) is 0 Å². The molecule has 1 amide bonds. The third-order valence-electron chi connectivity index (χ3n) is 4.49. The van der Waals surface area contributed by atoms with Crippen LogP contribution in [0.15, 0.2) is 95.9 Å². The first kappa shape index (κ1) is 20.8. The van der Waals surface area contributed by atoms with Crippen LogP contribution < -0.4 is 9.62 Å². The lowest BCUT2D eigenvalue weighted by molar-refractivity contribution is 0.102. The van der Waals surface area contributed by atoms with Gasteiger partial charge in [-0.25, -0.2) is 17.7 Å². The summed E-state index contributed by atoms with van der Waals surface area (Å²) in [4.78, 5) is 17.2. The highest BCUT2D eigenvalue weighted by molar-refractivity contribution is 7.93. The number of benzene rings is 3. The quantitative estimate of drug-likeness (QED) is 0.437. The Balaban J connectivity index is 1.75. The summed E-state index contributed by atoms with van der Waals surface area (Å²) in [7, 11) is -3.92. The van der Waals surface area contributed by atoms with E-state index in [4.69, 9.17) is 0 Å². The standard InChI is InChI=1S/C23H19N3O3S2/c1-17-22(25-21(27)18-11-5-2-6-12-18)30-23(24-17)26(19-13-7-3-8-14-19)31(28,29)20-15-9-4-10-16-20/h2-16H,1H3,(H,25,27). The lowest BCUT2D eigenvalue weighted by Crippen LogP contribution is -2.26. The van der Waals surface area contributed by atoms with E-state index in [2.05, 4.69) is 10.3 Å². The van der Waals surface area contributed by atoms with E-state index in [1.165, 1.54) is 4.31 Å². The number of carbonyl (C=O) groups is 1. The Labute approximate surface area is 184 Å². The molecular formula is C23H19N3O3S2. The van der Waals surface area contributed by atoms with Crippen molar-refractivity contribution in [1.82, 2.24) is 4.98 Å². The smallest absolute Gasteiger partial charge is 0.270 e. The molecule has 31 heavy (non-hydrogen) atoms. The van der Waals surface area contributed by atoms with Crippen LogP contribution in [0.1, 0.15) is 16.1 Å². The zero-order chi connectivity index (χ0) is 21.8. The third-order valence-corrected chi connectivity index (χ3v) is 7.40. The Hall–Kier alpha value is -3.49. The number of nitrogens with zero attached hydrogens (tertiary/aromatic N) is 2. The van der Waals surface area contributed by atoms with Crippen molar-refractivity contribution in [1.29, 1.82) is 0 Å². The number of anilines is 3. The summed E-state index contributed by atoms with van der Waals surface area (Å²) in [5.74, 6) is -0.281. The number of thiazole rings is 1. The molecular weight excluding hydrogens is 430 g/mol. The van der Waals surface area contributed by atoms with Crippen LogP contribution in [-0.4, -0.2) is 19.3 Å². The van der Waals surface area contributed by atoms with Crippen LogP contribution in [0.2, 0.25) is 0 Å². The summed E-state index contributed by atoms with van der Waals surface area (Å²) in [6, 6.07) is 25.8. The van der Waals surface area contributed by atoms with Crippen LogP contribution in [-0.2, 0) is 10.0 Å². The third kappa shape index (κ3) is 4.35. The number of hydrogen-bond donors (Lipinski definition) is 1. The lowest BCUT2D eigenvalue weighted by atomic mass is 10.2. The highest BCUT2D eigenvalue weighted by Crippen LogP contribution is 2.38. The zero-order valence-electron chi connectivity index (χ0n) is 16.6. The largest absolute Gasteiger partial charge is 0.312 e. The van der Waals surface area contributed by atoms with Crippen molar-refractivity contribution in [2.24, 2.45) is 0 Å². The van der Waals surface area contributed by atoms with E-state index in [-0.39, 0.29) is 15.9 Å². The number of carbonyl (C=O) groups excluding carboxylic acids is 1. The van der Waals surface area contributed by atoms with E-state index in [0.29, 0.717) is 21.9 Å². The Bertz CT molecular complexity index is 1290. The topological polar surface area (TPSA) is 79.4 Å². The van der Waals surface area contributed by atoms with Gasteiger partial charge in [0.1, 0.15) is 5.00 Å². The number of sulfonamides is 1. The highest BCUT2D eigenvalue weighted by Gasteiger charge is 2.30. The number of nitrogens with one attached hydrogen (secondary N) is 1. The van der Waals surface area contributed by atoms with Crippen LogP contribution in [0.25, 0.3) is 0 Å². The van der Waals surface area contributed by atoms with E-state index >= 15 is 0 Å². The van der Waals surface area contributed by atoms with Gasteiger partial charge in [0.15, 0.2) is 0 Å². The maximum Gasteiger partial charge on any atom is 0.270 e. The predicted octanol–water partition coefficient (Wildman–Crippen LogP) is 5.23. The van der Waals surface area contributed by atoms with Gasteiger partial charge in [0.25, 0.3) is 15.9 Å². The number of aryl methyl sites for hydroxylation is 1. The minimum Gasteiger partial charge on any atom is -0.312 e. The van der Waals surface area contributed by atoms with Gasteiger partial charge in [-0.1, -0.05) is 65.9 Å². The van der Waals surface area contributed by atoms with Gasteiger partial charge >= 0.3 is 0 Å². The fraction of sp³-hybridized carbons (Fsp3) is 0.0435. The number of aromatic nitrogens is 1. The lowest BCUT2D eigenvalue weighted by Gasteiger charge is -2.21. The van der Waals surface area contributed by atoms with Crippen molar-refractivity contribution >= 4 is 43.1 Å². The molecule has 0 unspecified atom stereocenters. The Morgan fingerprint density at radius 3 is 2.03 bits per heavy atom. The molecule has 0 spiro atoms. The summed E-state index contributed by atoms with van der Waals surface area (Å²) in [6.45, 7) is 1.74. The van der Waals surface area contributed by atoms with Crippen LogP contribution in [0.4, 0.5) is 15.8 Å². The average Bonchev–Trinajstić information content (AvgIpc) is 3.15. The molecule has 4 aromatic rings. The van der Waals surface area contributed by atoms with Crippen molar-refractivity contribution in [2.45, 2.75) is 11.8 Å². The molecule has 0 radical (unpaired) electrons. The maximum absolute atomic E-state index is 13.5. The second kappa shape index (κ2) is 8.71. The SMILES string of the molecule is Cc1nc(N(c2ccccc2)S(=O)(=O)c2ccccc2)sc1NC(=O)c1ccccc1. The van der Waals surface area contributed by atoms with E-state index in [9.17, 15) is 13.2 Å². The van der Waals surface area contributed by atoms with Crippen molar-refractivity contribution in [3.63, 3.8) is 0 Å². The van der Waals surface area contributed by atoms with Crippen molar-refractivity contribution in [3.05, 3.63) is 102 Å². The molecule has 8 heteroatoms. The molecule has 156 valence electrons. The molecule has 1 aromatic heterocycles. The molecule has 6 nitrogen and oxygen atoms in total. The molecule has 0 atom stereocenters. The number of rotatable bonds is 6. The minimum absolute atomic E-state index is 0.154. The molecule has 0 aliphatic carbocycles. The number of para-hydroxylation sites is 1. The Kier molecular flexibility index (Phi) is 5.83. The Morgan fingerprint density at radius 2 is 1.42 bits per heavy atom. The molecule has 0 saturated carbocycles. The highest BCUT2D eigenvalue weighted by atomic mass is 32.2. The first-order valence-electron chi connectivity index (χ1n) is 9.46. The zero-order valence-corrected chi connectivity index (χ0v) is 18.2. The van der Waals surface area contributed by atoms with Gasteiger partial charge < -0.3 is 5.32 Å². The molecule has 0 aliphatic rings. The number of hydrogen-bond acceptors (Lipinski definition) is 5. The minimum atomic E-state index is -3.92. The van der Waals surface area contributed by atoms with Crippen LogP contribution in [0, 0.1) is 6.92 Å². The van der Waals surface area contributed by atoms with Gasteiger partial charge in [-0.05, 0) is 43.3 Å². The predicted molar refractivity (Wildman–Crippen MR) is 123 cm³/mol. The van der Waals surface area contributed by atoms with Crippen molar-refractivity contribution in [3.8, 4) is 0 Å². The fourth-order valence-electron chi connectivity index (χ4n) is 2.96. The molecule has 1 heterocycles. The summed E-state index contributed by atoms with van der Waals surface area (Å²) >= 11 is 1.11. The molecule has 0 fully saturated rings. The second-order valence-corrected chi connectivity index (χ2v) is 9.41. The maximum atomic E-state index is 13.5. The monoisotopic (exact) mass is 449 g/mol. The summed E-state index contributed by atoms with van der Waals surface area (Å²) < 4.78 is 28.2. The first-order chi connectivity index (χ1) is 15.0. The van der Waals surface area contributed by atoms with Crippen LogP contribution in [0.5, 0.6) is 0 Å². The molecule has 0 bridgehead atoms. The summed E-state index contributed by atoms with van der Waals surface area (Å²) in [5.41, 5.74) is 1.50. The van der Waals surface area contributed by atoms with Crippen molar-refractivity contribution < 1.29 is 13.2 Å². The Morgan fingerprint density at radius 1 is 0.871 bits per heavy atom. The van der Waals surface area contributed by atoms with E-state index in [0.717, 1.165) is 11.3 Å². The number of amides is 1. The van der Waals surface area contributed by atoms with Gasteiger partial charge in [0.05, 0.1) is 16.3 Å². The fourth-order valence-corrected chi connectivity index (χ4v) is 5.62. The van der Waals surface area contributed by atoms with E-state index in [1.807, 2.05) is 12.1 Å². The van der Waals surface area contributed by atoms with Crippen LogP contribution in [0.3, 0.4) is 0 Å². The summed E-state index contributed by atoms with van der Waals surface area (Å²) in [6.07, 6.45) is 0. The van der Waals surface area contributed by atoms with Crippen LogP contribution >= 0.6 is 11.3 Å². The molecule has 0 saturated heterocycles. The summed E-state index contributed by atoms with van der Waals surface area (Å²) in [5, 5.41) is 3.58. The van der Waals surface area contributed by atoms with E-state index < -0.39 is 10.0 Å². The molecule has 4 rings (SSSR count). The molecule has 1 N–H and O–H groups in total. The second-order valence-electron chi connectivity index (χ2n) is 6.65. The van der Waals surface area contributed by atoms with Gasteiger partial charge in [-0.2, -0.15) is 0 Å². The van der Waals surface area contributed by atoms with Gasteiger partial charge in [0, 0.05) is 5.56 Å².